The normalized spacial score (nSPS) is 14.1. The number of nitrogens with zero attached hydrogens (tertiary/aromatic N) is 1. The van der Waals surface area contributed by atoms with Gasteiger partial charge in [0.2, 0.25) is 0 Å². The average molecular weight is 812 g/mol. The van der Waals surface area contributed by atoms with E-state index in [-0.39, 0.29) is 10.8 Å². The second kappa shape index (κ2) is 13.8. The van der Waals surface area contributed by atoms with Crippen molar-refractivity contribution in [2.75, 3.05) is 4.90 Å². The van der Waals surface area contributed by atoms with Gasteiger partial charge in [0.15, 0.2) is 0 Å². The molecule has 2 aliphatic carbocycles. The maximum Gasteiger partial charge on any atom is 0.0467 e. The van der Waals surface area contributed by atoms with E-state index < -0.39 is 0 Å². The first-order chi connectivity index (χ1) is 30.2. The second-order valence-corrected chi connectivity index (χ2v) is 19.2. The van der Waals surface area contributed by atoms with Gasteiger partial charge >= 0.3 is 0 Å². The maximum atomic E-state index is 2.44. The standard InChI is InChI=1S/C60H45NS/c1-59(2)53-19-10-8-17-47(53)48-31-28-46(37-56(48)59)61(44-26-21-39(22-27-44)43-24-30-51-50-18-9-11-20-57(50)62-58(51)36-43)45-16-12-15-40(33-45)41-25-32-54-52(34-41)49-29-23-42(35-55(49)60(54,3)4)38-13-6-5-7-14-38/h5-37H,1-4H3. The van der Waals surface area contributed by atoms with Crippen molar-refractivity contribution < 1.29 is 0 Å². The highest BCUT2D eigenvalue weighted by atomic mass is 32.1. The van der Waals surface area contributed by atoms with E-state index in [9.17, 15) is 0 Å². The quantitative estimate of drug-likeness (QED) is 0.162. The molecule has 0 saturated carbocycles. The van der Waals surface area contributed by atoms with Crippen molar-refractivity contribution in [1.82, 2.24) is 0 Å². The molecule has 0 radical (unpaired) electrons. The minimum absolute atomic E-state index is 0.0938. The van der Waals surface area contributed by atoms with Crippen LogP contribution in [-0.2, 0) is 10.8 Å². The van der Waals surface area contributed by atoms with Crippen LogP contribution in [0.3, 0.4) is 0 Å². The van der Waals surface area contributed by atoms with Crippen molar-refractivity contribution >= 4 is 48.6 Å². The van der Waals surface area contributed by atoms with Gasteiger partial charge in [0, 0.05) is 48.1 Å². The van der Waals surface area contributed by atoms with Crippen molar-refractivity contribution in [2.45, 2.75) is 38.5 Å². The van der Waals surface area contributed by atoms with Crippen molar-refractivity contribution in [3.8, 4) is 55.6 Å². The summed E-state index contributed by atoms with van der Waals surface area (Å²) in [6.07, 6.45) is 0. The Morgan fingerprint density at radius 1 is 0.306 bits per heavy atom. The Kier molecular flexibility index (Phi) is 8.17. The summed E-state index contributed by atoms with van der Waals surface area (Å²) in [6.45, 7) is 9.47. The van der Waals surface area contributed by atoms with Gasteiger partial charge in [-0.2, -0.15) is 0 Å². The molecule has 0 aliphatic heterocycles. The minimum atomic E-state index is -0.110. The van der Waals surface area contributed by atoms with Gasteiger partial charge in [-0.1, -0.05) is 167 Å². The number of fused-ring (bicyclic) bond motifs is 9. The molecule has 9 aromatic carbocycles. The Morgan fingerprint density at radius 2 is 0.839 bits per heavy atom. The molecular weight excluding hydrogens is 767 g/mol. The van der Waals surface area contributed by atoms with Gasteiger partial charge in [-0.25, -0.2) is 0 Å². The van der Waals surface area contributed by atoms with Crippen LogP contribution in [0, 0.1) is 0 Å². The van der Waals surface area contributed by atoms with E-state index >= 15 is 0 Å². The summed E-state index contributed by atoms with van der Waals surface area (Å²) in [6, 6.07) is 74.8. The molecule has 0 N–H and O–H groups in total. The molecular formula is C60H45NS. The third-order valence-electron chi connectivity index (χ3n) is 13.9. The number of anilines is 3. The number of benzene rings is 9. The van der Waals surface area contributed by atoms with Gasteiger partial charge in [-0.05, 0) is 139 Å². The third-order valence-corrected chi connectivity index (χ3v) is 15.0. The van der Waals surface area contributed by atoms with Crippen LogP contribution < -0.4 is 4.90 Å². The lowest BCUT2D eigenvalue weighted by molar-refractivity contribution is 0.660. The molecule has 62 heavy (non-hydrogen) atoms. The summed E-state index contributed by atoms with van der Waals surface area (Å²) in [5.74, 6) is 0. The van der Waals surface area contributed by atoms with Gasteiger partial charge in [0.05, 0.1) is 0 Å². The fourth-order valence-corrected chi connectivity index (χ4v) is 11.7. The van der Waals surface area contributed by atoms with E-state index in [0.717, 1.165) is 17.1 Å². The summed E-state index contributed by atoms with van der Waals surface area (Å²) < 4.78 is 2.66. The number of hydrogen-bond donors (Lipinski definition) is 0. The first-order valence-corrected chi connectivity index (χ1v) is 22.6. The van der Waals surface area contributed by atoms with Gasteiger partial charge in [-0.3, -0.25) is 0 Å². The van der Waals surface area contributed by atoms with E-state index in [4.69, 9.17) is 0 Å². The van der Waals surface area contributed by atoms with Crippen molar-refractivity contribution in [3.63, 3.8) is 0 Å². The van der Waals surface area contributed by atoms with Crippen LogP contribution >= 0.6 is 11.3 Å². The molecule has 0 unspecified atom stereocenters. The van der Waals surface area contributed by atoms with E-state index in [1.165, 1.54) is 98.1 Å². The number of thiophene rings is 1. The summed E-state index contributed by atoms with van der Waals surface area (Å²) in [4.78, 5) is 2.44. The van der Waals surface area contributed by atoms with Gasteiger partial charge in [-0.15, -0.1) is 11.3 Å². The predicted molar refractivity (Wildman–Crippen MR) is 265 cm³/mol. The van der Waals surface area contributed by atoms with Crippen LogP contribution in [0.25, 0.3) is 75.8 Å². The molecule has 0 amide bonds. The fourth-order valence-electron chi connectivity index (χ4n) is 10.6. The van der Waals surface area contributed by atoms with Crippen LogP contribution in [0.15, 0.2) is 200 Å². The van der Waals surface area contributed by atoms with Crippen LogP contribution in [-0.4, -0.2) is 0 Å². The molecule has 12 rings (SSSR count). The van der Waals surface area contributed by atoms with Crippen LogP contribution in [0.1, 0.15) is 49.9 Å². The van der Waals surface area contributed by atoms with E-state index in [0.29, 0.717) is 0 Å². The highest BCUT2D eigenvalue weighted by molar-refractivity contribution is 7.25. The van der Waals surface area contributed by atoms with E-state index in [1.807, 2.05) is 11.3 Å². The molecule has 1 aromatic heterocycles. The van der Waals surface area contributed by atoms with Crippen molar-refractivity contribution in [2.24, 2.45) is 0 Å². The van der Waals surface area contributed by atoms with Crippen LogP contribution in [0.5, 0.6) is 0 Å². The Morgan fingerprint density at radius 3 is 1.69 bits per heavy atom. The number of rotatable bonds is 6. The predicted octanol–water partition coefficient (Wildman–Crippen LogP) is 17.1. The van der Waals surface area contributed by atoms with Gasteiger partial charge < -0.3 is 4.90 Å². The highest BCUT2D eigenvalue weighted by Crippen LogP contribution is 2.53. The van der Waals surface area contributed by atoms with Gasteiger partial charge in [0.25, 0.3) is 0 Å². The first-order valence-electron chi connectivity index (χ1n) is 21.7. The Bertz CT molecular complexity index is 3400. The lowest BCUT2D eigenvalue weighted by atomic mass is 9.81. The third kappa shape index (κ3) is 5.67. The average Bonchev–Trinajstić information content (AvgIpc) is 3.88. The van der Waals surface area contributed by atoms with Crippen molar-refractivity contribution in [1.29, 1.82) is 0 Å². The topological polar surface area (TPSA) is 3.24 Å². The largest absolute Gasteiger partial charge is 0.310 e. The minimum Gasteiger partial charge on any atom is -0.310 e. The molecule has 10 aromatic rings. The molecule has 0 fully saturated rings. The lowest BCUT2D eigenvalue weighted by Gasteiger charge is -2.28. The molecule has 1 heterocycles. The molecule has 2 heteroatoms. The second-order valence-electron chi connectivity index (χ2n) is 18.2. The Labute approximate surface area is 368 Å². The zero-order valence-electron chi connectivity index (χ0n) is 35.4. The zero-order chi connectivity index (χ0) is 41.7. The Hall–Kier alpha value is -7.00. The molecule has 0 atom stereocenters. The fraction of sp³-hybridized carbons (Fsp3) is 0.100. The Balaban J connectivity index is 0.955. The summed E-state index contributed by atoms with van der Waals surface area (Å²) in [5.41, 5.74) is 21.4. The SMILES string of the molecule is CC1(C)c2ccc(-c3cccc(N(c4ccc(-c5ccc6c(c5)sc5ccccc56)cc4)c4ccc5c(c4)C(C)(C)c4ccccc4-5)c3)cc2-c2ccc(-c3ccccc3)cc21. The molecule has 1 nitrogen and oxygen atoms in total. The first kappa shape index (κ1) is 36.8. The van der Waals surface area contributed by atoms with Crippen LogP contribution in [0.2, 0.25) is 0 Å². The molecule has 296 valence electrons. The van der Waals surface area contributed by atoms with Gasteiger partial charge in [0.1, 0.15) is 0 Å². The summed E-state index contributed by atoms with van der Waals surface area (Å²) in [5, 5.41) is 2.66. The molecule has 0 saturated heterocycles. The zero-order valence-corrected chi connectivity index (χ0v) is 36.2. The smallest absolute Gasteiger partial charge is 0.0467 e. The summed E-state index contributed by atoms with van der Waals surface area (Å²) in [7, 11) is 0. The monoisotopic (exact) mass is 811 g/mol. The molecule has 0 bridgehead atoms. The molecule has 2 aliphatic rings. The van der Waals surface area contributed by atoms with E-state index in [2.05, 4.69) is 233 Å². The van der Waals surface area contributed by atoms with E-state index in [1.54, 1.807) is 0 Å². The lowest BCUT2D eigenvalue weighted by Crippen LogP contribution is -2.16. The maximum absolute atomic E-state index is 2.44. The number of hydrogen-bond acceptors (Lipinski definition) is 2. The van der Waals surface area contributed by atoms with Crippen LogP contribution in [0.4, 0.5) is 17.1 Å². The highest BCUT2D eigenvalue weighted by Gasteiger charge is 2.37. The van der Waals surface area contributed by atoms with Crippen molar-refractivity contribution in [3.05, 3.63) is 222 Å². The molecule has 0 spiro atoms. The summed E-state index contributed by atoms with van der Waals surface area (Å²) >= 11 is 1.87.